The third-order valence-corrected chi connectivity index (χ3v) is 10.7. The van der Waals surface area contributed by atoms with Crippen LogP contribution in [-0.4, -0.2) is 106 Å². The van der Waals surface area contributed by atoms with E-state index in [0.717, 1.165) is 22.5 Å². The lowest BCUT2D eigenvalue weighted by Crippen LogP contribution is -2.50. The van der Waals surface area contributed by atoms with E-state index in [2.05, 4.69) is 4.57 Å². The zero-order valence-corrected chi connectivity index (χ0v) is 30.3. The number of fused-ring (bicyclic) bond motifs is 3. The van der Waals surface area contributed by atoms with Crippen molar-refractivity contribution in [1.82, 2.24) is 9.55 Å². The molecule has 56 heavy (non-hydrogen) atoms. The Labute approximate surface area is 339 Å². The Kier molecular flexibility index (Phi) is 9.30. The van der Waals surface area contributed by atoms with E-state index in [-0.39, 0.29) is 65.7 Å². The summed E-state index contributed by atoms with van der Waals surface area (Å²) in [6.07, 6.45) is 0.662. The molecule has 8 rings (SSSR count). The van der Waals surface area contributed by atoms with Crippen molar-refractivity contribution in [1.29, 1.82) is 0 Å². The molecule has 0 saturated heterocycles. The monoisotopic (exact) mass is 692 g/mol. The van der Waals surface area contributed by atoms with Crippen molar-refractivity contribution in [2.75, 3.05) is 0 Å². The highest BCUT2D eigenvalue weighted by atomic mass is 16.3. The molecule has 0 fully saturated rings. The zero-order valence-electron chi connectivity index (χ0n) is 30.3. The highest BCUT2D eigenvalue weighted by Crippen LogP contribution is 2.45. The lowest BCUT2D eigenvalue weighted by molar-refractivity contribution is 0.472. The van der Waals surface area contributed by atoms with E-state index in [1.54, 1.807) is 24.3 Å². The van der Waals surface area contributed by atoms with Gasteiger partial charge in [0.1, 0.15) is 104 Å². The topological polar surface area (TPSA) is 58.3 Å². The summed E-state index contributed by atoms with van der Waals surface area (Å²) >= 11 is 0. The number of hydrogen-bond acceptors (Lipinski definition) is 3. The summed E-state index contributed by atoms with van der Waals surface area (Å²) in [5.74, 6) is -0.116. The SMILES string of the molecule is [B]c1c([B])c(O)c(-c2ccccc2-c2c3c([B])c([B])c([B])c([B])c3c(-c3cccc(-n4c(CC)nc5ccccc54)c3)c3c([B])c([B])c([B])c([B])c23)c([B])c1O. The fraction of sp³-hybridized carbons (Fsp3) is 0.0488. The van der Waals surface area contributed by atoms with E-state index < -0.39 is 11.5 Å². The Morgan fingerprint density at radius 1 is 0.482 bits per heavy atom. The number of aromatic nitrogens is 2. The average Bonchev–Trinajstić information content (AvgIpc) is 3.60. The van der Waals surface area contributed by atoms with Gasteiger partial charge in [0.2, 0.25) is 0 Å². The van der Waals surface area contributed by atoms with Crippen molar-refractivity contribution in [3.8, 4) is 50.6 Å². The average molecular weight is 691 g/mol. The highest BCUT2D eigenvalue weighted by molar-refractivity contribution is 6.71. The Morgan fingerprint density at radius 3 is 1.52 bits per heavy atom. The maximum atomic E-state index is 11.4. The van der Waals surface area contributed by atoms with Gasteiger partial charge in [-0.1, -0.05) is 88.2 Å². The fourth-order valence-corrected chi connectivity index (χ4v) is 7.88. The molecule has 0 bridgehead atoms. The van der Waals surface area contributed by atoms with E-state index in [1.165, 1.54) is 0 Å². The van der Waals surface area contributed by atoms with Crippen molar-refractivity contribution in [3.05, 3.63) is 78.6 Å². The number of aryl methyl sites for hydroxylation is 1. The van der Waals surface area contributed by atoms with Gasteiger partial charge >= 0.3 is 0 Å². The van der Waals surface area contributed by atoms with Gasteiger partial charge in [-0.05, 0) is 79.1 Å². The molecule has 0 aliphatic rings. The maximum Gasteiger partial charge on any atom is 0.120 e. The Bertz CT molecular complexity index is 2910. The number of hydrogen-bond donors (Lipinski definition) is 2. The summed E-state index contributed by atoms with van der Waals surface area (Å²) in [6.45, 7) is 2.04. The second-order valence-corrected chi connectivity index (χ2v) is 13.7. The molecule has 0 aliphatic carbocycles. The first kappa shape index (κ1) is 37.8. The molecule has 1 heterocycles. The first-order chi connectivity index (χ1) is 26.7. The van der Waals surface area contributed by atoms with E-state index >= 15 is 0 Å². The van der Waals surface area contributed by atoms with Gasteiger partial charge in [-0.2, -0.15) is 0 Å². The van der Waals surface area contributed by atoms with Crippen LogP contribution in [0.25, 0.3) is 71.6 Å². The van der Waals surface area contributed by atoms with Crippen LogP contribution in [0.5, 0.6) is 11.5 Å². The second-order valence-electron chi connectivity index (χ2n) is 13.7. The standard InChI is InChI=1S/C41H19B11N2O2/c1-2-21-53-19-12-5-6-13-20(19)54(21)16-9-7-8-15(14-16)22-25-27(31(44)36(49)34(47)29(25)42)23(28-26(22)30(43)35(48)37(50)32(28)45)17-10-3-4-11-18(17)24-33(46)41(56)39(52)38(51)40(24)55/h3-14,55-56H,2H2,1H3. The predicted molar refractivity (Wildman–Crippen MR) is 244 cm³/mol. The van der Waals surface area contributed by atoms with Crippen LogP contribution in [0.1, 0.15) is 12.7 Å². The number of imidazole rings is 1. The number of phenolic OH excluding ortho intramolecular Hbond substituents is 2. The summed E-state index contributed by atoms with van der Waals surface area (Å²) in [4.78, 5) is 4.88. The number of para-hydroxylation sites is 2. The van der Waals surface area contributed by atoms with Crippen LogP contribution >= 0.6 is 0 Å². The zero-order chi connectivity index (χ0) is 40.1. The molecule has 0 atom stereocenters. The molecule has 0 unspecified atom stereocenters. The van der Waals surface area contributed by atoms with Crippen LogP contribution in [0.4, 0.5) is 0 Å². The number of phenols is 2. The highest BCUT2D eigenvalue weighted by Gasteiger charge is 2.27. The lowest BCUT2D eigenvalue weighted by Gasteiger charge is -2.29. The van der Waals surface area contributed by atoms with E-state index in [1.807, 2.05) is 55.5 Å². The van der Waals surface area contributed by atoms with Gasteiger partial charge in [0, 0.05) is 17.7 Å². The molecule has 7 aromatic carbocycles. The van der Waals surface area contributed by atoms with Crippen LogP contribution < -0.4 is 60.1 Å². The molecule has 0 aliphatic heterocycles. The third kappa shape index (κ3) is 5.33. The minimum atomic E-state index is -0.506. The first-order valence-electron chi connectivity index (χ1n) is 17.5. The van der Waals surface area contributed by atoms with Crippen molar-refractivity contribution >= 4 is 179 Å². The largest absolute Gasteiger partial charge is 0.509 e. The molecule has 0 spiro atoms. The van der Waals surface area contributed by atoms with E-state index in [4.69, 9.17) is 91.3 Å². The Morgan fingerprint density at radius 2 is 0.964 bits per heavy atom. The molecular weight excluding hydrogens is 671 g/mol. The molecule has 22 radical (unpaired) electrons. The van der Waals surface area contributed by atoms with Gasteiger partial charge in [-0.3, -0.25) is 4.57 Å². The Hall–Kier alpha value is -5.16. The molecule has 8 aromatic rings. The quantitative estimate of drug-likeness (QED) is 0.116. The van der Waals surface area contributed by atoms with Crippen LogP contribution in [0.3, 0.4) is 0 Å². The molecule has 1 aromatic heterocycles. The first-order valence-corrected chi connectivity index (χ1v) is 17.5. The number of nitrogens with zero attached hydrogens (tertiary/aromatic N) is 2. The molecule has 0 saturated carbocycles. The Balaban J connectivity index is 1.61. The minimum absolute atomic E-state index is 0.00733. The van der Waals surface area contributed by atoms with Crippen molar-refractivity contribution < 1.29 is 10.2 Å². The van der Waals surface area contributed by atoms with Crippen LogP contribution in [0, 0.1) is 0 Å². The summed E-state index contributed by atoms with van der Waals surface area (Å²) in [5.41, 5.74) is 4.54. The molecular formula is C41H19B11N2O2. The van der Waals surface area contributed by atoms with Crippen molar-refractivity contribution in [3.63, 3.8) is 0 Å². The molecule has 0 amide bonds. The van der Waals surface area contributed by atoms with Crippen LogP contribution in [0.2, 0.25) is 0 Å². The molecule has 238 valence electrons. The third-order valence-electron chi connectivity index (χ3n) is 10.7. The number of aromatic hydroxyl groups is 2. The lowest BCUT2D eigenvalue weighted by atomic mass is 9.59. The summed E-state index contributed by atoms with van der Waals surface area (Å²) < 4.78 is 2.09. The predicted octanol–water partition coefficient (Wildman–Crippen LogP) is -2.96. The maximum absolute atomic E-state index is 11.4. The van der Waals surface area contributed by atoms with Gasteiger partial charge in [0.15, 0.2) is 0 Å². The van der Waals surface area contributed by atoms with Gasteiger partial charge in [0.25, 0.3) is 0 Å². The molecule has 15 heteroatoms. The van der Waals surface area contributed by atoms with Gasteiger partial charge in [-0.15, -0.1) is 21.9 Å². The van der Waals surface area contributed by atoms with Gasteiger partial charge in [0.05, 0.1) is 11.0 Å². The fourth-order valence-electron chi connectivity index (χ4n) is 7.88. The molecule has 4 nitrogen and oxygen atoms in total. The number of benzene rings is 7. The normalized spacial score (nSPS) is 11.6. The summed E-state index contributed by atoms with van der Waals surface area (Å²) in [6, 6.07) is 22.5. The smallest absolute Gasteiger partial charge is 0.120 e. The van der Waals surface area contributed by atoms with E-state index in [0.29, 0.717) is 55.8 Å². The van der Waals surface area contributed by atoms with Crippen molar-refractivity contribution in [2.24, 2.45) is 0 Å². The number of rotatable bonds is 5. The van der Waals surface area contributed by atoms with Gasteiger partial charge in [-0.25, -0.2) is 4.98 Å². The van der Waals surface area contributed by atoms with Crippen LogP contribution in [0.15, 0.2) is 72.8 Å². The van der Waals surface area contributed by atoms with E-state index in [9.17, 15) is 10.2 Å². The van der Waals surface area contributed by atoms with Crippen molar-refractivity contribution in [2.45, 2.75) is 13.3 Å². The van der Waals surface area contributed by atoms with Gasteiger partial charge < -0.3 is 10.2 Å². The summed E-state index contributed by atoms with van der Waals surface area (Å²) in [5, 5.41) is 23.8. The minimum Gasteiger partial charge on any atom is -0.509 e. The molecule has 2 N–H and O–H groups in total. The summed E-state index contributed by atoms with van der Waals surface area (Å²) in [7, 11) is 73.1. The second kappa shape index (κ2) is 13.8. The van der Waals surface area contributed by atoms with Crippen LogP contribution in [-0.2, 0) is 6.42 Å².